The molecular weight excluding hydrogens is 539 g/mol. The van der Waals surface area contributed by atoms with Gasteiger partial charge in [-0.2, -0.15) is 0 Å². The molecule has 1 saturated heterocycles. The maximum atomic E-state index is 13.0. The fraction of sp³-hybridized carbons (Fsp3) is 0.483. The molecule has 2 unspecified atom stereocenters. The standard InChI is InChI=1S/C29H38Cl2N4O4/c1-6-18(2)24(34-28(38)39-29(3,4)5)26(36)32-21-12-10-19(11-13-21)20-14-16-35(17-15-20)27(37)33-25-22(30)8-7-9-23(25)31/h7-13,18,20,24H,6,14-17H2,1-5H3,(H,32,36)(H,33,37)(H,34,38). The number of urea groups is 1. The predicted molar refractivity (Wildman–Crippen MR) is 157 cm³/mol. The second kappa shape index (κ2) is 13.4. The predicted octanol–water partition coefficient (Wildman–Crippen LogP) is 7.28. The normalized spacial score (nSPS) is 15.7. The van der Waals surface area contributed by atoms with Crippen LogP contribution in [0.25, 0.3) is 0 Å². The smallest absolute Gasteiger partial charge is 0.408 e. The summed E-state index contributed by atoms with van der Waals surface area (Å²) in [6.07, 6.45) is 1.72. The first kappa shape index (κ1) is 30.6. The Bertz CT molecular complexity index is 1140. The van der Waals surface area contributed by atoms with Crippen molar-refractivity contribution < 1.29 is 19.1 Å². The number of carbonyl (C=O) groups excluding carboxylic acids is 3. The molecular formula is C29H38Cl2N4O4. The fourth-order valence-corrected chi connectivity index (χ4v) is 4.91. The van der Waals surface area contributed by atoms with Crippen LogP contribution in [0.1, 0.15) is 65.4 Å². The van der Waals surface area contributed by atoms with E-state index in [-0.39, 0.29) is 17.9 Å². The molecule has 39 heavy (non-hydrogen) atoms. The molecule has 8 nitrogen and oxygen atoms in total. The van der Waals surface area contributed by atoms with E-state index >= 15 is 0 Å². The van der Waals surface area contributed by atoms with Gasteiger partial charge in [-0.15, -0.1) is 0 Å². The molecule has 4 amide bonds. The van der Waals surface area contributed by atoms with E-state index in [4.69, 9.17) is 27.9 Å². The number of rotatable bonds is 7. The number of ether oxygens (including phenoxy) is 1. The highest BCUT2D eigenvalue weighted by molar-refractivity contribution is 6.39. The molecule has 2 aromatic rings. The molecule has 3 N–H and O–H groups in total. The van der Waals surface area contributed by atoms with E-state index in [1.807, 2.05) is 38.1 Å². The molecule has 0 saturated carbocycles. The fourth-order valence-electron chi connectivity index (χ4n) is 4.41. The van der Waals surface area contributed by atoms with E-state index in [0.717, 1.165) is 24.8 Å². The highest BCUT2D eigenvalue weighted by Gasteiger charge is 2.29. The second-order valence-corrected chi connectivity index (χ2v) is 11.7. The highest BCUT2D eigenvalue weighted by atomic mass is 35.5. The average molecular weight is 578 g/mol. The Morgan fingerprint density at radius 1 is 1.00 bits per heavy atom. The summed E-state index contributed by atoms with van der Waals surface area (Å²) in [4.78, 5) is 39.8. The van der Waals surface area contributed by atoms with E-state index in [1.165, 1.54) is 0 Å². The van der Waals surface area contributed by atoms with Crippen molar-refractivity contribution in [2.45, 2.75) is 71.4 Å². The van der Waals surface area contributed by atoms with Crippen molar-refractivity contribution in [2.24, 2.45) is 5.92 Å². The molecule has 212 valence electrons. The van der Waals surface area contributed by atoms with Crippen molar-refractivity contribution in [1.82, 2.24) is 10.2 Å². The minimum absolute atomic E-state index is 0.0758. The van der Waals surface area contributed by atoms with Crippen molar-refractivity contribution in [3.8, 4) is 0 Å². The van der Waals surface area contributed by atoms with Crippen LogP contribution in [0.3, 0.4) is 0 Å². The summed E-state index contributed by atoms with van der Waals surface area (Å²) < 4.78 is 5.34. The lowest BCUT2D eigenvalue weighted by molar-refractivity contribution is -0.119. The van der Waals surface area contributed by atoms with Crippen LogP contribution in [0.15, 0.2) is 42.5 Å². The Kier molecular flexibility index (Phi) is 10.5. The average Bonchev–Trinajstić information content (AvgIpc) is 2.88. The van der Waals surface area contributed by atoms with E-state index < -0.39 is 17.7 Å². The lowest BCUT2D eigenvalue weighted by Crippen LogP contribution is -2.49. The van der Waals surface area contributed by atoms with Crippen molar-refractivity contribution >= 4 is 52.6 Å². The number of para-hydroxylation sites is 1. The van der Waals surface area contributed by atoms with Crippen LogP contribution >= 0.6 is 23.2 Å². The van der Waals surface area contributed by atoms with Crippen LogP contribution in [0.4, 0.5) is 21.0 Å². The molecule has 3 rings (SSSR count). The van der Waals surface area contributed by atoms with E-state index in [2.05, 4.69) is 16.0 Å². The Labute approximate surface area is 240 Å². The topological polar surface area (TPSA) is 99.8 Å². The van der Waals surface area contributed by atoms with Gasteiger partial charge in [-0.25, -0.2) is 9.59 Å². The van der Waals surface area contributed by atoms with E-state index in [9.17, 15) is 14.4 Å². The number of anilines is 2. The van der Waals surface area contributed by atoms with Gasteiger partial charge in [0, 0.05) is 18.8 Å². The number of hydrogen-bond acceptors (Lipinski definition) is 4. The first-order chi connectivity index (χ1) is 18.4. The molecule has 0 radical (unpaired) electrons. The van der Waals surface area contributed by atoms with Crippen molar-refractivity contribution in [3.63, 3.8) is 0 Å². The molecule has 2 atom stereocenters. The molecule has 0 spiro atoms. The largest absolute Gasteiger partial charge is 0.444 e. The van der Waals surface area contributed by atoms with Crippen LogP contribution in [0, 0.1) is 5.92 Å². The number of nitrogens with one attached hydrogen (secondary N) is 3. The number of alkyl carbamates (subject to hydrolysis) is 1. The third-order valence-electron chi connectivity index (χ3n) is 6.79. The summed E-state index contributed by atoms with van der Waals surface area (Å²) in [5.74, 6) is -0.0709. The third-order valence-corrected chi connectivity index (χ3v) is 7.42. The van der Waals surface area contributed by atoms with Crippen molar-refractivity contribution in [3.05, 3.63) is 58.1 Å². The van der Waals surface area contributed by atoms with Crippen LogP contribution in [0.5, 0.6) is 0 Å². The Balaban J connectivity index is 1.55. The molecule has 0 bridgehead atoms. The van der Waals surface area contributed by atoms with Gasteiger partial charge in [0.25, 0.3) is 0 Å². The number of nitrogens with zero attached hydrogens (tertiary/aromatic N) is 1. The maximum absolute atomic E-state index is 13.0. The van der Waals surface area contributed by atoms with Gasteiger partial charge in [-0.3, -0.25) is 4.79 Å². The lowest BCUT2D eigenvalue weighted by Gasteiger charge is -2.32. The Morgan fingerprint density at radius 3 is 2.13 bits per heavy atom. The molecule has 10 heteroatoms. The number of piperidine rings is 1. The maximum Gasteiger partial charge on any atom is 0.408 e. The van der Waals surface area contributed by atoms with E-state index in [0.29, 0.717) is 40.4 Å². The first-order valence-electron chi connectivity index (χ1n) is 13.3. The summed E-state index contributed by atoms with van der Waals surface area (Å²) in [5.41, 5.74) is 1.56. The first-order valence-corrected chi connectivity index (χ1v) is 14.0. The zero-order valence-corrected chi connectivity index (χ0v) is 24.7. The number of carbonyl (C=O) groups is 3. The molecule has 1 aliphatic rings. The minimum atomic E-state index is -0.722. The van der Waals surface area contributed by atoms with Gasteiger partial charge in [-0.1, -0.05) is 61.7 Å². The van der Waals surface area contributed by atoms with Crippen LogP contribution < -0.4 is 16.0 Å². The molecule has 1 aliphatic heterocycles. The molecule has 2 aromatic carbocycles. The van der Waals surface area contributed by atoms with Crippen molar-refractivity contribution in [1.29, 1.82) is 0 Å². The monoisotopic (exact) mass is 576 g/mol. The van der Waals surface area contributed by atoms with Gasteiger partial charge in [-0.05, 0) is 75.3 Å². The van der Waals surface area contributed by atoms with E-state index in [1.54, 1.807) is 43.9 Å². The zero-order chi connectivity index (χ0) is 28.7. The number of amides is 4. The number of likely N-dealkylation sites (tertiary alicyclic amines) is 1. The second-order valence-electron chi connectivity index (χ2n) is 10.9. The summed E-state index contributed by atoms with van der Waals surface area (Å²) in [5, 5.41) is 9.25. The Morgan fingerprint density at radius 2 is 1.59 bits per heavy atom. The zero-order valence-electron chi connectivity index (χ0n) is 23.1. The molecule has 0 aliphatic carbocycles. The molecule has 1 heterocycles. The van der Waals surface area contributed by atoms with Crippen LogP contribution in [-0.2, 0) is 9.53 Å². The van der Waals surface area contributed by atoms with Crippen LogP contribution in [0.2, 0.25) is 10.0 Å². The van der Waals surface area contributed by atoms with Crippen molar-refractivity contribution in [2.75, 3.05) is 23.7 Å². The van der Waals surface area contributed by atoms with Gasteiger partial charge < -0.3 is 25.6 Å². The summed E-state index contributed by atoms with van der Waals surface area (Å²) in [6.45, 7) is 10.4. The molecule has 1 fully saturated rings. The quantitative estimate of drug-likeness (QED) is 0.322. The van der Waals surface area contributed by atoms with Gasteiger partial charge >= 0.3 is 12.1 Å². The summed E-state index contributed by atoms with van der Waals surface area (Å²) >= 11 is 12.4. The minimum Gasteiger partial charge on any atom is -0.444 e. The van der Waals surface area contributed by atoms with Gasteiger partial charge in [0.2, 0.25) is 5.91 Å². The summed E-state index contributed by atoms with van der Waals surface area (Å²) in [7, 11) is 0. The lowest BCUT2D eigenvalue weighted by atomic mass is 9.89. The SMILES string of the molecule is CCC(C)C(NC(=O)OC(C)(C)C)C(=O)Nc1ccc(C2CCN(C(=O)Nc3c(Cl)cccc3Cl)CC2)cc1. The summed E-state index contributed by atoms with van der Waals surface area (Å²) in [6, 6.07) is 11.9. The van der Waals surface area contributed by atoms with Gasteiger partial charge in [0.05, 0.1) is 15.7 Å². The number of halogens is 2. The van der Waals surface area contributed by atoms with Gasteiger partial charge in [0.1, 0.15) is 11.6 Å². The Hall–Kier alpha value is -2.97. The number of hydrogen-bond donors (Lipinski definition) is 3. The van der Waals surface area contributed by atoms with Crippen LogP contribution in [-0.4, -0.2) is 47.7 Å². The van der Waals surface area contributed by atoms with Gasteiger partial charge in [0.15, 0.2) is 0 Å². The number of benzene rings is 2. The highest BCUT2D eigenvalue weighted by Crippen LogP contribution is 2.32. The third kappa shape index (κ3) is 8.77. The molecule has 0 aromatic heterocycles.